The summed E-state index contributed by atoms with van der Waals surface area (Å²) in [6, 6.07) is 2.67. The molecule has 3 N–H and O–H groups in total. The molecule has 2 aliphatic rings. The van der Waals surface area contributed by atoms with Crippen molar-refractivity contribution in [2.24, 2.45) is 5.73 Å². The van der Waals surface area contributed by atoms with Gasteiger partial charge in [0.25, 0.3) is 0 Å². The van der Waals surface area contributed by atoms with Crippen LogP contribution in [0.1, 0.15) is 18.9 Å². The molecule has 10 heteroatoms. The highest BCUT2D eigenvalue weighted by molar-refractivity contribution is 5.85. The number of nitrogens with two attached hydrogens (primary N) is 1. The molecule has 2 fully saturated rings. The molecule has 0 spiro atoms. The Bertz CT molecular complexity index is 978. The predicted octanol–water partition coefficient (Wildman–Crippen LogP) is 2.12. The van der Waals surface area contributed by atoms with Crippen molar-refractivity contribution in [2.45, 2.75) is 31.0 Å². The zero-order valence-corrected chi connectivity index (χ0v) is 15.9. The first kappa shape index (κ1) is 20.4. The van der Waals surface area contributed by atoms with E-state index in [0.717, 1.165) is 18.9 Å². The summed E-state index contributed by atoms with van der Waals surface area (Å²) in [5, 5.41) is 8.94. The fourth-order valence-corrected chi connectivity index (χ4v) is 3.64. The van der Waals surface area contributed by atoms with Crippen molar-refractivity contribution in [3.8, 4) is 5.75 Å². The molecule has 1 saturated heterocycles. The van der Waals surface area contributed by atoms with Crippen LogP contribution in [0.3, 0.4) is 0 Å². The lowest BCUT2D eigenvalue weighted by molar-refractivity contribution is 0.108. The van der Waals surface area contributed by atoms with Crippen LogP contribution in [0.25, 0.3) is 10.9 Å². The Labute approximate surface area is 166 Å². The molecule has 1 aliphatic heterocycles. The minimum absolute atomic E-state index is 0. The van der Waals surface area contributed by atoms with E-state index in [1.807, 2.05) is 0 Å². The first-order valence-electron chi connectivity index (χ1n) is 8.71. The second-order valence-corrected chi connectivity index (χ2v) is 6.99. The molecule has 4 rings (SSSR count). The Hall–Kier alpha value is -2.36. The number of methoxy groups -OCH3 is 1. The summed E-state index contributed by atoms with van der Waals surface area (Å²) >= 11 is 0. The summed E-state index contributed by atoms with van der Waals surface area (Å²) in [5.41, 5.74) is 6.28. The summed E-state index contributed by atoms with van der Waals surface area (Å²) in [6.07, 6.45) is 1.42. The maximum Gasteiger partial charge on any atom is 0.511 e. The number of pyridine rings is 1. The van der Waals surface area contributed by atoms with E-state index in [1.54, 1.807) is 22.6 Å². The molecule has 28 heavy (non-hydrogen) atoms. The molecule has 2 heterocycles. The molecule has 8 nitrogen and oxygen atoms in total. The number of carboxylic acid groups (broad SMARTS) is 1. The number of carbonyl (C=O) groups is 1. The molecule has 1 saturated carbocycles. The number of nitrogens with zero attached hydrogens (tertiary/aromatic N) is 2. The monoisotopic (exact) mass is 413 g/mol. The minimum atomic E-state index is -1.58. The summed E-state index contributed by atoms with van der Waals surface area (Å²) in [4.78, 5) is 25.2. The van der Waals surface area contributed by atoms with E-state index >= 15 is 0 Å². The van der Waals surface area contributed by atoms with Crippen LogP contribution >= 0.6 is 12.4 Å². The number of rotatable bonds is 4. The van der Waals surface area contributed by atoms with E-state index in [0.29, 0.717) is 24.3 Å². The van der Waals surface area contributed by atoms with Gasteiger partial charge in [0.05, 0.1) is 34.9 Å². The van der Waals surface area contributed by atoms with E-state index < -0.39 is 17.4 Å². The highest BCUT2D eigenvalue weighted by Gasteiger charge is 2.33. The highest BCUT2D eigenvalue weighted by atomic mass is 35.5. The average molecular weight is 414 g/mol. The Morgan fingerprint density at radius 2 is 2.04 bits per heavy atom. The van der Waals surface area contributed by atoms with Gasteiger partial charge in [-0.25, -0.2) is 9.18 Å². The third-order valence-corrected chi connectivity index (χ3v) is 5.16. The van der Waals surface area contributed by atoms with Gasteiger partial charge in [-0.1, -0.05) is 0 Å². The van der Waals surface area contributed by atoms with E-state index in [2.05, 4.69) is 4.74 Å². The number of hydrogen-bond donors (Lipinski definition) is 2. The number of fused-ring (bicyclic) bond motifs is 1. The normalized spacial score (nSPS) is 21.6. The van der Waals surface area contributed by atoms with Gasteiger partial charge >= 0.3 is 6.16 Å². The van der Waals surface area contributed by atoms with Crippen LogP contribution in [0.2, 0.25) is 0 Å². The average Bonchev–Trinajstić information content (AvgIpc) is 3.39. The van der Waals surface area contributed by atoms with Crippen molar-refractivity contribution in [1.82, 2.24) is 4.57 Å². The topological polar surface area (TPSA) is 107 Å². The molecular weight excluding hydrogens is 393 g/mol. The zero-order chi connectivity index (χ0) is 19.3. The van der Waals surface area contributed by atoms with Crippen molar-refractivity contribution in [3.63, 3.8) is 0 Å². The van der Waals surface area contributed by atoms with Gasteiger partial charge in [-0.15, -0.1) is 12.4 Å². The Morgan fingerprint density at radius 1 is 1.32 bits per heavy atom. The van der Waals surface area contributed by atoms with Crippen molar-refractivity contribution in [2.75, 3.05) is 25.1 Å². The van der Waals surface area contributed by atoms with Gasteiger partial charge in [-0.05, 0) is 25.0 Å². The second kappa shape index (κ2) is 7.57. The summed E-state index contributed by atoms with van der Waals surface area (Å²) in [7, 11) is 1.57. The lowest BCUT2D eigenvalue weighted by Crippen LogP contribution is -2.34. The molecular formula is C18H21ClFN3O5. The molecule has 0 unspecified atom stereocenters. The van der Waals surface area contributed by atoms with Crippen LogP contribution in [0, 0.1) is 5.82 Å². The summed E-state index contributed by atoms with van der Waals surface area (Å²) < 4.78 is 26.5. The van der Waals surface area contributed by atoms with Crippen LogP contribution < -0.4 is 20.8 Å². The first-order chi connectivity index (χ1) is 12.9. The first-order valence-corrected chi connectivity index (χ1v) is 8.71. The van der Waals surface area contributed by atoms with E-state index in [1.165, 1.54) is 6.20 Å². The molecule has 1 aromatic carbocycles. The molecule has 1 aromatic heterocycles. The molecule has 0 radical (unpaired) electrons. The van der Waals surface area contributed by atoms with Gasteiger partial charge < -0.3 is 29.8 Å². The third-order valence-electron chi connectivity index (χ3n) is 5.16. The Balaban J connectivity index is 0.00000225. The molecule has 2 aromatic rings. The van der Waals surface area contributed by atoms with Crippen molar-refractivity contribution >= 4 is 35.2 Å². The van der Waals surface area contributed by atoms with Crippen molar-refractivity contribution in [1.29, 1.82) is 0 Å². The predicted molar refractivity (Wildman–Crippen MR) is 103 cm³/mol. The van der Waals surface area contributed by atoms with E-state index in [-0.39, 0.29) is 41.7 Å². The fraction of sp³-hybridized carbons (Fsp3) is 0.444. The Morgan fingerprint density at radius 3 is 2.61 bits per heavy atom. The number of benzene rings is 1. The molecule has 0 bridgehead atoms. The van der Waals surface area contributed by atoms with Crippen LogP contribution in [-0.4, -0.2) is 48.2 Å². The van der Waals surface area contributed by atoms with Gasteiger partial charge in [0.2, 0.25) is 5.43 Å². The molecule has 1 aliphatic carbocycles. The Kier molecular flexibility index (Phi) is 5.51. The second-order valence-electron chi connectivity index (χ2n) is 6.99. The SMILES string of the molecule is CO[C@@H]1CN(c2cc3c(cc2F)c(=O)c(OC(=O)O)cn3C2CC2)C[C@@H]1N.Cl. The minimum Gasteiger partial charge on any atom is -0.449 e. The van der Waals surface area contributed by atoms with Crippen molar-refractivity contribution in [3.05, 3.63) is 34.4 Å². The summed E-state index contributed by atoms with van der Waals surface area (Å²) in [6.45, 7) is 0.892. The van der Waals surface area contributed by atoms with E-state index in [9.17, 15) is 14.0 Å². The van der Waals surface area contributed by atoms with Gasteiger partial charge in [-0.3, -0.25) is 4.79 Å². The smallest absolute Gasteiger partial charge is 0.449 e. The number of aromatic nitrogens is 1. The van der Waals surface area contributed by atoms with E-state index in [4.69, 9.17) is 15.6 Å². The number of hydrogen-bond acceptors (Lipinski definition) is 6. The van der Waals surface area contributed by atoms with Gasteiger partial charge in [0, 0.05) is 26.2 Å². The lowest BCUT2D eigenvalue weighted by atomic mass is 10.1. The van der Waals surface area contributed by atoms with Crippen LogP contribution in [0.4, 0.5) is 14.9 Å². The van der Waals surface area contributed by atoms with Crippen LogP contribution in [0.15, 0.2) is 23.1 Å². The fourth-order valence-electron chi connectivity index (χ4n) is 3.64. The zero-order valence-electron chi connectivity index (χ0n) is 15.1. The lowest BCUT2D eigenvalue weighted by Gasteiger charge is -2.21. The van der Waals surface area contributed by atoms with Crippen LogP contribution in [-0.2, 0) is 4.74 Å². The van der Waals surface area contributed by atoms with Gasteiger partial charge in [0.1, 0.15) is 5.82 Å². The number of anilines is 1. The summed E-state index contributed by atoms with van der Waals surface area (Å²) in [5.74, 6) is -0.893. The van der Waals surface area contributed by atoms with Gasteiger partial charge in [0.15, 0.2) is 5.75 Å². The standard InChI is InChI=1S/C18H20FN3O5.ClH/c1-26-15-7-21(6-12(15)20)14-5-13-10(4-11(14)19)17(23)16(27-18(24)25)8-22(13)9-2-3-9;/h4-5,8-9,12,15H,2-3,6-7,20H2,1H3,(H,24,25);1H/t12-,15+;/m0./s1. The third kappa shape index (κ3) is 3.52. The maximum atomic E-state index is 14.8. The van der Waals surface area contributed by atoms with Crippen LogP contribution in [0.5, 0.6) is 5.75 Å². The maximum absolute atomic E-state index is 14.8. The van der Waals surface area contributed by atoms with Crippen molar-refractivity contribution < 1.29 is 23.8 Å². The number of halogens is 2. The number of ether oxygens (including phenoxy) is 2. The molecule has 0 amide bonds. The molecule has 2 atom stereocenters. The largest absolute Gasteiger partial charge is 0.511 e. The molecule has 152 valence electrons. The quantitative estimate of drug-likeness (QED) is 0.739. The van der Waals surface area contributed by atoms with Gasteiger partial charge in [-0.2, -0.15) is 0 Å². The highest BCUT2D eigenvalue weighted by Crippen LogP contribution is 2.39.